The van der Waals surface area contributed by atoms with Crippen LogP contribution >= 0.6 is 0 Å². The SMILES string of the molecule is CC(C)CCNC(=O)COC(=O)CN=C1NS(=O)(=O)c2ccccc21. The predicted octanol–water partition coefficient (Wildman–Crippen LogP) is 0.431. The van der Waals surface area contributed by atoms with Crippen molar-refractivity contribution in [1.29, 1.82) is 0 Å². The molecular formula is C16H21N3O5S. The van der Waals surface area contributed by atoms with Gasteiger partial charge in [0.2, 0.25) is 0 Å². The average molecular weight is 367 g/mol. The van der Waals surface area contributed by atoms with Gasteiger partial charge in [0.05, 0.1) is 4.90 Å². The van der Waals surface area contributed by atoms with Gasteiger partial charge < -0.3 is 10.1 Å². The summed E-state index contributed by atoms with van der Waals surface area (Å²) in [6.07, 6.45) is 0.840. The first-order chi connectivity index (χ1) is 11.8. The molecule has 2 rings (SSSR count). The minimum absolute atomic E-state index is 0.0916. The molecule has 0 fully saturated rings. The van der Waals surface area contributed by atoms with Gasteiger partial charge in [-0.15, -0.1) is 0 Å². The number of amidine groups is 1. The second-order valence-electron chi connectivity index (χ2n) is 5.96. The first kappa shape index (κ1) is 18.9. The molecule has 0 unspecified atom stereocenters. The van der Waals surface area contributed by atoms with E-state index in [0.717, 1.165) is 6.42 Å². The summed E-state index contributed by atoms with van der Waals surface area (Å²) in [7, 11) is -3.64. The monoisotopic (exact) mass is 367 g/mol. The zero-order valence-corrected chi connectivity index (χ0v) is 14.9. The van der Waals surface area contributed by atoms with Crippen LogP contribution in [0.1, 0.15) is 25.8 Å². The predicted molar refractivity (Wildman–Crippen MR) is 91.6 cm³/mol. The van der Waals surface area contributed by atoms with Crippen molar-refractivity contribution in [2.75, 3.05) is 19.7 Å². The number of nitrogens with one attached hydrogen (secondary N) is 2. The summed E-state index contributed by atoms with van der Waals surface area (Å²) in [6, 6.07) is 6.34. The van der Waals surface area contributed by atoms with Crippen molar-refractivity contribution >= 4 is 27.7 Å². The number of hydrogen-bond donors (Lipinski definition) is 2. The molecule has 1 aliphatic rings. The van der Waals surface area contributed by atoms with Gasteiger partial charge in [-0.05, 0) is 24.5 Å². The molecule has 1 aromatic carbocycles. The molecule has 2 N–H and O–H groups in total. The Morgan fingerprint density at radius 2 is 2.00 bits per heavy atom. The van der Waals surface area contributed by atoms with E-state index in [2.05, 4.69) is 15.0 Å². The van der Waals surface area contributed by atoms with Gasteiger partial charge in [-0.25, -0.2) is 8.42 Å². The highest BCUT2D eigenvalue weighted by atomic mass is 32.2. The molecule has 25 heavy (non-hydrogen) atoms. The van der Waals surface area contributed by atoms with Crippen molar-refractivity contribution in [2.45, 2.75) is 25.2 Å². The molecule has 136 valence electrons. The molecule has 8 nitrogen and oxygen atoms in total. The lowest BCUT2D eigenvalue weighted by molar-refractivity contribution is -0.147. The van der Waals surface area contributed by atoms with Crippen molar-refractivity contribution in [3.63, 3.8) is 0 Å². The number of esters is 1. The summed E-state index contributed by atoms with van der Waals surface area (Å²) in [5.74, 6) is -0.533. The fourth-order valence-corrected chi connectivity index (χ4v) is 3.39. The van der Waals surface area contributed by atoms with E-state index in [1.54, 1.807) is 18.2 Å². The molecule has 0 aliphatic carbocycles. The molecule has 0 bridgehead atoms. The highest BCUT2D eigenvalue weighted by Gasteiger charge is 2.30. The van der Waals surface area contributed by atoms with Crippen molar-refractivity contribution in [3.8, 4) is 0 Å². The lowest BCUT2D eigenvalue weighted by atomic mass is 10.1. The third-order valence-corrected chi connectivity index (χ3v) is 4.83. The van der Waals surface area contributed by atoms with Crippen LogP contribution < -0.4 is 10.0 Å². The number of amides is 1. The maximum atomic E-state index is 11.9. The topological polar surface area (TPSA) is 114 Å². The van der Waals surface area contributed by atoms with Crippen LogP contribution in [0.2, 0.25) is 0 Å². The number of ether oxygens (including phenoxy) is 1. The second kappa shape index (κ2) is 8.11. The minimum Gasteiger partial charge on any atom is -0.454 e. The smallest absolute Gasteiger partial charge is 0.328 e. The van der Waals surface area contributed by atoms with Gasteiger partial charge in [0.15, 0.2) is 6.61 Å². The Morgan fingerprint density at radius 1 is 1.28 bits per heavy atom. The Bertz CT molecular complexity index is 787. The lowest BCUT2D eigenvalue weighted by Crippen LogP contribution is -2.30. The van der Waals surface area contributed by atoms with E-state index in [-0.39, 0.29) is 29.8 Å². The number of aliphatic imine (C=N–C) groups is 1. The largest absolute Gasteiger partial charge is 0.454 e. The Morgan fingerprint density at radius 3 is 2.72 bits per heavy atom. The molecule has 1 heterocycles. The first-order valence-corrected chi connectivity index (χ1v) is 9.37. The van der Waals surface area contributed by atoms with Gasteiger partial charge in [-0.3, -0.25) is 19.3 Å². The highest BCUT2D eigenvalue weighted by molar-refractivity contribution is 7.90. The number of benzene rings is 1. The summed E-state index contributed by atoms with van der Waals surface area (Å²) < 4.78 is 30.9. The lowest BCUT2D eigenvalue weighted by Gasteiger charge is -2.07. The zero-order chi connectivity index (χ0) is 18.4. The minimum atomic E-state index is -3.64. The number of sulfonamides is 1. The molecule has 9 heteroatoms. The Kier molecular flexibility index (Phi) is 6.13. The summed E-state index contributed by atoms with van der Waals surface area (Å²) in [4.78, 5) is 27.3. The summed E-state index contributed by atoms with van der Waals surface area (Å²) in [6.45, 7) is 3.84. The van der Waals surface area contributed by atoms with E-state index in [9.17, 15) is 18.0 Å². The van der Waals surface area contributed by atoms with E-state index in [1.165, 1.54) is 6.07 Å². The van der Waals surface area contributed by atoms with Crippen molar-refractivity contribution < 1.29 is 22.7 Å². The number of hydrogen-bond acceptors (Lipinski definition) is 6. The average Bonchev–Trinajstić information content (AvgIpc) is 2.82. The van der Waals surface area contributed by atoms with E-state index < -0.39 is 16.0 Å². The fraction of sp³-hybridized carbons (Fsp3) is 0.438. The molecule has 0 atom stereocenters. The summed E-state index contributed by atoms with van der Waals surface area (Å²) in [5, 5.41) is 2.65. The van der Waals surface area contributed by atoms with Crippen LogP contribution in [0, 0.1) is 5.92 Å². The quantitative estimate of drug-likeness (QED) is 0.679. The van der Waals surface area contributed by atoms with Crippen molar-refractivity contribution in [1.82, 2.24) is 10.0 Å². The van der Waals surface area contributed by atoms with E-state index >= 15 is 0 Å². The van der Waals surface area contributed by atoms with Crippen LogP contribution in [-0.4, -0.2) is 45.8 Å². The van der Waals surface area contributed by atoms with Crippen LogP contribution in [-0.2, 0) is 24.3 Å². The number of fused-ring (bicyclic) bond motifs is 1. The van der Waals surface area contributed by atoms with Gasteiger partial charge in [0.25, 0.3) is 15.9 Å². The molecule has 1 aromatic rings. The van der Waals surface area contributed by atoms with Gasteiger partial charge >= 0.3 is 5.97 Å². The Balaban J connectivity index is 1.84. The normalized spacial score (nSPS) is 16.4. The van der Waals surface area contributed by atoms with Crippen LogP contribution in [0.3, 0.4) is 0 Å². The standard InChI is InChI=1S/C16H21N3O5S/c1-11(2)7-8-17-14(20)10-24-15(21)9-18-16-12-5-3-4-6-13(12)25(22,23)19-16/h3-6,11H,7-10H2,1-2H3,(H,17,20)(H,18,19). The van der Waals surface area contributed by atoms with Crippen LogP contribution in [0.15, 0.2) is 34.2 Å². The molecule has 0 saturated carbocycles. The van der Waals surface area contributed by atoms with Crippen LogP contribution in [0.4, 0.5) is 0 Å². The Labute approximate surface area is 146 Å². The van der Waals surface area contributed by atoms with Gasteiger partial charge in [-0.2, -0.15) is 0 Å². The molecule has 1 amide bonds. The highest BCUT2D eigenvalue weighted by Crippen LogP contribution is 2.21. The fourth-order valence-electron chi connectivity index (χ4n) is 2.14. The Hall–Kier alpha value is -2.42. The van der Waals surface area contributed by atoms with Gasteiger partial charge in [-0.1, -0.05) is 26.0 Å². The number of nitrogens with zero attached hydrogens (tertiary/aromatic N) is 1. The number of carbonyl (C=O) groups is 2. The van der Waals surface area contributed by atoms with Crippen LogP contribution in [0.5, 0.6) is 0 Å². The van der Waals surface area contributed by atoms with E-state index in [0.29, 0.717) is 18.0 Å². The second-order valence-corrected chi connectivity index (χ2v) is 7.61. The van der Waals surface area contributed by atoms with E-state index in [1.807, 2.05) is 13.8 Å². The maximum absolute atomic E-state index is 11.9. The molecule has 1 aliphatic heterocycles. The molecule has 0 saturated heterocycles. The molecule has 0 radical (unpaired) electrons. The summed E-state index contributed by atoms with van der Waals surface area (Å²) in [5.41, 5.74) is 0.404. The van der Waals surface area contributed by atoms with Crippen LogP contribution in [0.25, 0.3) is 0 Å². The number of carbonyl (C=O) groups excluding carboxylic acids is 2. The maximum Gasteiger partial charge on any atom is 0.328 e. The third kappa shape index (κ3) is 5.28. The molecule has 0 aromatic heterocycles. The third-order valence-electron chi connectivity index (χ3n) is 3.44. The van der Waals surface area contributed by atoms with E-state index in [4.69, 9.17) is 4.74 Å². The van der Waals surface area contributed by atoms with Crippen molar-refractivity contribution in [3.05, 3.63) is 29.8 Å². The van der Waals surface area contributed by atoms with Gasteiger partial charge in [0, 0.05) is 12.1 Å². The zero-order valence-electron chi connectivity index (χ0n) is 14.1. The molecule has 0 spiro atoms. The van der Waals surface area contributed by atoms with Crippen molar-refractivity contribution in [2.24, 2.45) is 10.9 Å². The molecular weight excluding hydrogens is 346 g/mol. The number of rotatable bonds is 7. The van der Waals surface area contributed by atoms with Gasteiger partial charge in [0.1, 0.15) is 12.4 Å². The summed E-state index contributed by atoms with van der Waals surface area (Å²) >= 11 is 0. The first-order valence-electron chi connectivity index (χ1n) is 7.88.